The lowest BCUT2D eigenvalue weighted by molar-refractivity contribution is -0.193. The summed E-state index contributed by atoms with van der Waals surface area (Å²) in [6.07, 6.45) is -7.34. The number of carbonyl (C=O) groups excluding carboxylic acids is 1. The molecule has 1 unspecified atom stereocenters. The Morgan fingerprint density at radius 2 is 1.67 bits per heavy atom. The minimum atomic E-state index is -5.08. The van der Waals surface area contributed by atoms with Crippen LogP contribution < -0.4 is 4.90 Å². The number of aromatic nitrogens is 1. The summed E-state index contributed by atoms with van der Waals surface area (Å²) >= 11 is 1.67. The first-order valence-electron chi connectivity index (χ1n) is 10.9. The van der Waals surface area contributed by atoms with Gasteiger partial charge in [0.15, 0.2) is 0 Å². The van der Waals surface area contributed by atoms with E-state index in [9.17, 15) is 35.5 Å². The molecule has 4 rings (SSSR count). The minimum Gasteiger partial charge on any atom is -0.475 e. The number of thiazole rings is 1. The fourth-order valence-electron chi connectivity index (χ4n) is 3.88. The van der Waals surface area contributed by atoms with Crippen LogP contribution in [0.4, 0.5) is 36.4 Å². The van der Waals surface area contributed by atoms with E-state index in [1.54, 1.807) is 22.3 Å². The van der Waals surface area contributed by atoms with Gasteiger partial charge in [0.05, 0.1) is 18.6 Å². The molecule has 9 nitrogen and oxygen atoms in total. The number of hydrogen-bond donors (Lipinski definition) is 2. The number of anilines is 1. The molecule has 216 valence electrons. The monoisotopic (exact) mass is 588 g/mol. The number of hydrogen-bond acceptors (Lipinski definition) is 7. The molecule has 2 N–H and O–H groups in total. The Hall–Kier alpha value is -3.31. The molecule has 17 heteroatoms. The molecule has 0 saturated carbocycles. The average Bonchev–Trinajstić information content (AvgIpc) is 3.47. The summed E-state index contributed by atoms with van der Waals surface area (Å²) < 4.78 is 77.1. The number of aliphatic carboxylic acids is 2. The van der Waals surface area contributed by atoms with Gasteiger partial charge in [0.25, 0.3) is 0 Å². The topological polar surface area (TPSA) is 114 Å². The number of benzene rings is 1. The SMILES string of the molecule is CN1CC(=O)N(c2cccc(F)c2)CC12CCN(Cc1nccs1)C2.O=C(O)C(F)(F)F.O=C(O)C(F)(F)F. The molecule has 0 radical (unpaired) electrons. The van der Waals surface area contributed by atoms with Gasteiger partial charge in [-0.1, -0.05) is 6.07 Å². The quantitative estimate of drug-likeness (QED) is 0.525. The van der Waals surface area contributed by atoms with Crippen molar-refractivity contribution in [3.63, 3.8) is 0 Å². The molecule has 1 amide bonds. The van der Waals surface area contributed by atoms with E-state index in [2.05, 4.69) is 14.8 Å². The van der Waals surface area contributed by atoms with Crippen LogP contribution in [0, 0.1) is 5.82 Å². The highest BCUT2D eigenvalue weighted by Gasteiger charge is 2.47. The van der Waals surface area contributed by atoms with Gasteiger partial charge < -0.3 is 15.1 Å². The maximum atomic E-state index is 13.6. The third-order valence-electron chi connectivity index (χ3n) is 5.79. The van der Waals surface area contributed by atoms with Crippen LogP contribution in [0.3, 0.4) is 0 Å². The van der Waals surface area contributed by atoms with Crippen LogP contribution in [0.5, 0.6) is 0 Å². The number of nitrogens with zero attached hydrogens (tertiary/aromatic N) is 4. The molecule has 1 aromatic heterocycles. The molecule has 3 heterocycles. The third kappa shape index (κ3) is 9.14. The predicted octanol–water partition coefficient (Wildman–Crippen LogP) is 3.47. The molecule has 2 fully saturated rings. The van der Waals surface area contributed by atoms with Crippen LogP contribution in [-0.2, 0) is 20.9 Å². The van der Waals surface area contributed by atoms with Crippen LogP contribution in [-0.4, -0.2) is 94.0 Å². The van der Waals surface area contributed by atoms with Crippen molar-refractivity contribution < 1.29 is 55.3 Å². The van der Waals surface area contributed by atoms with E-state index in [0.717, 1.165) is 31.1 Å². The predicted molar refractivity (Wildman–Crippen MR) is 124 cm³/mol. The fraction of sp³-hybridized carbons (Fsp3) is 0.455. The summed E-state index contributed by atoms with van der Waals surface area (Å²) in [4.78, 5) is 41.0. The molecule has 2 aliphatic heterocycles. The van der Waals surface area contributed by atoms with E-state index < -0.39 is 24.3 Å². The van der Waals surface area contributed by atoms with Crippen LogP contribution in [0.1, 0.15) is 11.4 Å². The van der Waals surface area contributed by atoms with Crippen LogP contribution in [0.2, 0.25) is 0 Å². The van der Waals surface area contributed by atoms with Crippen LogP contribution in [0.15, 0.2) is 35.8 Å². The lowest BCUT2D eigenvalue weighted by Crippen LogP contribution is -2.64. The maximum absolute atomic E-state index is 13.6. The summed E-state index contributed by atoms with van der Waals surface area (Å²) in [7, 11) is 2.02. The van der Waals surface area contributed by atoms with Crippen molar-refractivity contribution in [1.82, 2.24) is 14.8 Å². The van der Waals surface area contributed by atoms with Gasteiger partial charge >= 0.3 is 24.3 Å². The van der Waals surface area contributed by atoms with Crippen molar-refractivity contribution in [3.8, 4) is 0 Å². The largest absolute Gasteiger partial charge is 0.490 e. The van der Waals surface area contributed by atoms with E-state index in [1.807, 2.05) is 24.7 Å². The highest BCUT2D eigenvalue weighted by Crippen LogP contribution is 2.34. The van der Waals surface area contributed by atoms with Gasteiger partial charge in [-0.2, -0.15) is 26.3 Å². The number of likely N-dealkylation sites (N-methyl/N-ethyl adjacent to an activating group) is 1. The summed E-state index contributed by atoms with van der Waals surface area (Å²) in [6, 6.07) is 6.32. The number of carboxylic acid groups (broad SMARTS) is 2. The van der Waals surface area contributed by atoms with Gasteiger partial charge in [-0.3, -0.25) is 14.6 Å². The molecule has 0 aliphatic carbocycles. The number of amides is 1. The Morgan fingerprint density at radius 1 is 1.08 bits per heavy atom. The average molecular weight is 589 g/mol. The molecule has 0 bridgehead atoms. The lowest BCUT2D eigenvalue weighted by atomic mass is 9.92. The molecule has 2 saturated heterocycles. The second-order valence-corrected chi connectivity index (χ2v) is 9.51. The first-order chi connectivity index (χ1) is 17.9. The summed E-state index contributed by atoms with van der Waals surface area (Å²) in [5.41, 5.74) is 0.563. The van der Waals surface area contributed by atoms with E-state index in [0.29, 0.717) is 18.8 Å². The number of alkyl halides is 6. The zero-order valence-corrected chi connectivity index (χ0v) is 21.0. The van der Waals surface area contributed by atoms with E-state index in [4.69, 9.17) is 19.8 Å². The number of piperazine rings is 1. The first-order valence-corrected chi connectivity index (χ1v) is 11.8. The lowest BCUT2D eigenvalue weighted by Gasteiger charge is -2.47. The van der Waals surface area contributed by atoms with E-state index in [1.165, 1.54) is 12.1 Å². The Balaban J connectivity index is 0.000000317. The summed E-state index contributed by atoms with van der Waals surface area (Å²) in [5, 5.41) is 17.4. The molecule has 2 aliphatic rings. The Kier molecular flexibility index (Phi) is 10.4. The van der Waals surface area contributed by atoms with Crippen LogP contribution in [0.25, 0.3) is 0 Å². The van der Waals surface area contributed by atoms with Crippen molar-refractivity contribution in [1.29, 1.82) is 0 Å². The molecule has 1 aromatic carbocycles. The highest BCUT2D eigenvalue weighted by molar-refractivity contribution is 7.09. The van der Waals surface area contributed by atoms with Crippen LogP contribution >= 0.6 is 11.3 Å². The van der Waals surface area contributed by atoms with Gasteiger partial charge in [0.1, 0.15) is 10.8 Å². The van der Waals surface area contributed by atoms with Crippen molar-refractivity contribution in [2.75, 3.05) is 38.1 Å². The molecule has 1 spiro atoms. The second kappa shape index (κ2) is 12.7. The number of rotatable bonds is 3. The fourth-order valence-corrected chi connectivity index (χ4v) is 4.53. The standard InChI is InChI=1S/C18H21FN4OS.2C2HF3O2/c1-21-11-17(24)23(15-4-2-3-14(19)9-15)13-18(21)5-7-22(12-18)10-16-20-6-8-25-16;2*3-2(4,5)1(6)7/h2-4,6,8-9H,5,7,10-13H2,1H3;2*(H,6,7). The molecule has 1 atom stereocenters. The molecule has 39 heavy (non-hydrogen) atoms. The van der Waals surface area contributed by atoms with E-state index >= 15 is 0 Å². The van der Waals surface area contributed by atoms with Crippen molar-refractivity contribution in [2.45, 2.75) is 30.9 Å². The molecular weight excluding hydrogens is 565 g/mol. The summed E-state index contributed by atoms with van der Waals surface area (Å²) in [5.74, 6) is -5.80. The minimum absolute atomic E-state index is 0.0251. The molecule has 2 aromatic rings. The van der Waals surface area contributed by atoms with Gasteiger partial charge in [-0.25, -0.2) is 19.0 Å². The zero-order chi connectivity index (χ0) is 29.6. The smallest absolute Gasteiger partial charge is 0.475 e. The number of likely N-dealkylation sites (tertiary alicyclic amines) is 1. The second-order valence-electron chi connectivity index (χ2n) is 8.53. The Labute approximate surface area is 221 Å². The van der Waals surface area contributed by atoms with Crippen molar-refractivity contribution >= 4 is 34.9 Å². The summed E-state index contributed by atoms with van der Waals surface area (Å²) in [6.45, 7) is 3.68. The number of carboxylic acids is 2. The Morgan fingerprint density at radius 3 is 2.15 bits per heavy atom. The van der Waals surface area contributed by atoms with Gasteiger partial charge in [0.2, 0.25) is 5.91 Å². The highest BCUT2D eigenvalue weighted by atomic mass is 32.1. The van der Waals surface area contributed by atoms with Gasteiger partial charge in [-0.15, -0.1) is 11.3 Å². The van der Waals surface area contributed by atoms with Gasteiger partial charge in [-0.05, 0) is 31.7 Å². The van der Waals surface area contributed by atoms with Crippen molar-refractivity contribution in [3.05, 3.63) is 46.7 Å². The zero-order valence-electron chi connectivity index (χ0n) is 20.2. The maximum Gasteiger partial charge on any atom is 0.490 e. The van der Waals surface area contributed by atoms with E-state index in [-0.39, 0.29) is 17.3 Å². The van der Waals surface area contributed by atoms with Crippen molar-refractivity contribution in [2.24, 2.45) is 0 Å². The third-order valence-corrected chi connectivity index (χ3v) is 6.56. The van der Waals surface area contributed by atoms with Gasteiger partial charge in [0, 0.05) is 36.9 Å². The normalized spacial score (nSPS) is 20.2. The molecular formula is C22H23F7N4O5S. The number of halogens is 7. The number of carbonyl (C=O) groups is 3. The first kappa shape index (κ1) is 31.9. The Bertz CT molecular complexity index is 1120.